The quantitative estimate of drug-likeness (QED) is 0.176. The highest BCUT2D eigenvalue weighted by Gasteiger charge is 2.19. The summed E-state index contributed by atoms with van der Waals surface area (Å²) in [6.07, 6.45) is 0. The lowest BCUT2D eigenvalue weighted by atomic mass is 10.0. The second kappa shape index (κ2) is 12.7. The Morgan fingerprint density at radius 3 is 2.34 bits per heavy atom. The van der Waals surface area contributed by atoms with Crippen LogP contribution in [0.4, 0.5) is 5.69 Å². The zero-order valence-electron chi connectivity index (χ0n) is 23.5. The van der Waals surface area contributed by atoms with Gasteiger partial charge in [-0.15, -0.1) is 10.2 Å². The summed E-state index contributed by atoms with van der Waals surface area (Å²) >= 11 is 1.56. The topological polar surface area (TPSA) is 78.3 Å². The maximum atomic E-state index is 12.8. The first-order valence-corrected chi connectivity index (χ1v) is 14.3. The lowest BCUT2D eigenvalue weighted by Gasteiger charge is -2.14. The minimum Gasteiger partial charge on any atom is -0.497 e. The van der Waals surface area contributed by atoms with Crippen LogP contribution >= 0.6 is 11.8 Å². The molecule has 0 aliphatic rings. The second-order valence-electron chi connectivity index (χ2n) is 9.76. The van der Waals surface area contributed by atoms with Gasteiger partial charge >= 0.3 is 0 Å². The van der Waals surface area contributed by atoms with E-state index >= 15 is 0 Å². The summed E-state index contributed by atoms with van der Waals surface area (Å²) in [7, 11) is 3.30. The Labute approximate surface area is 244 Å². The van der Waals surface area contributed by atoms with Crippen LogP contribution in [0.2, 0.25) is 0 Å². The molecule has 41 heavy (non-hydrogen) atoms. The summed E-state index contributed by atoms with van der Waals surface area (Å²) in [6, 6.07) is 31.2. The van der Waals surface area contributed by atoms with Crippen molar-refractivity contribution in [2.75, 3.05) is 19.5 Å². The van der Waals surface area contributed by atoms with Gasteiger partial charge < -0.3 is 14.8 Å². The van der Waals surface area contributed by atoms with Crippen LogP contribution in [-0.4, -0.2) is 34.9 Å². The molecule has 7 nitrogen and oxygen atoms in total. The lowest BCUT2D eigenvalue weighted by molar-refractivity contribution is 0.102. The number of carbonyl (C=O) groups excluding carboxylic acids is 1. The van der Waals surface area contributed by atoms with Gasteiger partial charge in [-0.1, -0.05) is 74.1 Å². The predicted octanol–water partition coefficient (Wildman–Crippen LogP) is 7.62. The molecule has 1 heterocycles. The number of benzene rings is 4. The number of para-hydroxylation sites is 2. The molecule has 0 saturated heterocycles. The first kappa shape index (κ1) is 28.0. The Kier molecular flexibility index (Phi) is 8.70. The van der Waals surface area contributed by atoms with Crippen LogP contribution in [0, 0.1) is 0 Å². The number of carbonyl (C=O) groups is 1. The molecule has 0 atom stereocenters. The van der Waals surface area contributed by atoms with Gasteiger partial charge in [0.1, 0.15) is 11.5 Å². The van der Waals surface area contributed by atoms with Crippen molar-refractivity contribution in [1.29, 1.82) is 0 Å². The van der Waals surface area contributed by atoms with Gasteiger partial charge in [0.25, 0.3) is 5.91 Å². The van der Waals surface area contributed by atoms with Crippen LogP contribution in [0.1, 0.15) is 41.3 Å². The number of aromatic nitrogens is 3. The van der Waals surface area contributed by atoms with Crippen molar-refractivity contribution in [2.45, 2.75) is 30.7 Å². The van der Waals surface area contributed by atoms with Crippen molar-refractivity contribution in [2.24, 2.45) is 0 Å². The number of hydrogen-bond donors (Lipinski definition) is 1. The Morgan fingerprint density at radius 1 is 0.878 bits per heavy atom. The number of thioether (sulfide) groups is 1. The SMILES string of the molecule is COc1cccc(-c2nnc(SCc3ccc(C(=O)Nc4ccc(C(C)C)cc4)cc3)n2-c2ccccc2OC)c1. The molecule has 0 unspecified atom stereocenters. The molecule has 0 aliphatic carbocycles. The number of ether oxygens (including phenoxy) is 2. The molecule has 208 valence electrons. The van der Waals surface area contributed by atoms with Crippen LogP contribution in [0.5, 0.6) is 11.5 Å². The van der Waals surface area contributed by atoms with E-state index in [0.29, 0.717) is 28.8 Å². The molecule has 5 rings (SSSR count). The van der Waals surface area contributed by atoms with Crippen molar-refractivity contribution in [3.63, 3.8) is 0 Å². The van der Waals surface area contributed by atoms with Crippen LogP contribution in [0.15, 0.2) is 102 Å². The first-order chi connectivity index (χ1) is 20.0. The monoisotopic (exact) mass is 564 g/mol. The molecule has 4 aromatic carbocycles. The number of nitrogens with zero attached hydrogens (tertiary/aromatic N) is 3. The van der Waals surface area contributed by atoms with Crippen LogP contribution < -0.4 is 14.8 Å². The van der Waals surface area contributed by atoms with Crippen LogP contribution in [0.3, 0.4) is 0 Å². The van der Waals surface area contributed by atoms with E-state index in [9.17, 15) is 4.79 Å². The van der Waals surface area contributed by atoms with Gasteiger partial charge in [0, 0.05) is 22.6 Å². The molecule has 0 saturated carbocycles. The maximum absolute atomic E-state index is 12.8. The Morgan fingerprint density at radius 2 is 1.63 bits per heavy atom. The first-order valence-electron chi connectivity index (χ1n) is 13.3. The second-order valence-corrected chi connectivity index (χ2v) is 10.7. The largest absolute Gasteiger partial charge is 0.497 e. The Balaban J connectivity index is 1.35. The third-order valence-corrected chi connectivity index (χ3v) is 7.71. The molecule has 0 bridgehead atoms. The molecule has 8 heteroatoms. The minimum atomic E-state index is -0.139. The Hall–Kier alpha value is -4.56. The average Bonchev–Trinajstić information content (AvgIpc) is 3.44. The van der Waals surface area contributed by atoms with E-state index in [2.05, 4.69) is 29.4 Å². The van der Waals surface area contributed by atoms with Gasteiger partial charge in [-0.2, -0.15) is 0 Å². The Bertz CT molecular complexity index is 1630. The molecular weight excluding hydrogens is 532 g/mol. The summed E-state index contributed by atoms with van der Waals surface area (Å²) in [5.41, 5.74) is 5.40. The van der Waals surface area contributed by atoms with E-state index in [0.717, 1.165) is 33.4 Å². The number of anilines is 1. The van der Waals surface area contributed by atoms with E-state index in [1.54, 1.807) is 26.0 Å². The van der Waals surface area contributed by atoms with Crippen molar-refractivity contribution in [3.05, 3.63) is 114 Å². The van der Waals surface area contributed by atoms with Crippen molar-refractivity contribution >= 4 is 23.4 Å². The van der Waals surface area contributed by atoms with Crippen molar-refractivity contribution in [1.82, 2.24) is 14.8 Å². The van der Waals surface area contributed by atoms with Gasteiger partial charge in [-0.05, 0) is 65.6 Å². The van der Waals surface area contributed by atoms with E-state index in [1.165, 1.54) is 5.56 Å². The fourth-order valence-electron chi connectivity index (χ4n) is 4.40. The van der Waals surface area contributed by atoms with Gasteiger partial charge in [-0.3, -0.25) is 9.36 Å². The molecular formula is C33H32N4O3S. The van der Waals surface area contributed by atoms with Crippen LogP contribution in [0.25, 0.3) is 17.1 Å². The maximum Gasteiger partial charge on any atom is 0.255 e. The standard InChI is InChI=1S/C33H32N4O3S/c1-22(2)24-16-18-27(19-17-24)34-32(38)25-14-12-23(13-15-25)21-41-33-36-35-31(26-8-7-9-28(20-26)39-3)37(33)29-10-5-6-11-30(29)40-4/h5-20,22H,21H2,1-4H3,(H,34,38). The highest BCUT2D eigenvalue weighted by Crippen LogP contribution is 2.34. The fraction of sp³-hybridized carbons (Fsp3) is 0.182. The van der Waals surface area contributed by atoms with E-state index in [4.69, 9.17) is 9.47 Å². The summed E-state index contributed by atoms with van der Waals surface area (Å²) in [6.45, 7) is 4.30. The number of nitrogens with one attached hydrogen (secondary N) is 1. The summed E-state index contributed by atoms with van der Waals surface area (Å²) < 4.78 is 13.1. The zero-order chi connectivity index (χ0) is 28.8. The predicted molar refractivity (Wildman–Crippen MR) is 164 cm³/mol. The number of rotatable bonds is 10. The fourth-order valence-corrected chi connectivity index (χ4v) is 5.30. The van der Waals surface area contributed by atoms with Crippen molar-refractivity contribution in [3.8, 4) is 28.6 Å². The smallest absolute Gasteiger partial charge is 0.255 e. The molecule has 0 spiro atoms. The van der Waals surface area contributed by atoms with E-state index in [1.807, 2.05) is 102 Å². The zero-order valence-corrected chi connectivity index (χ0v) is 24.3. The summed E-state index contributed by atoms with van der Waals surface area (Å²) in [4.78, 5) is 12.8. The van der Waals surface area contributed by atoms with E-state index < -0.39 is 0 Å². The molecule has 1 amide bonds. The normalized spacial score (nSPS) is 11.0. The van der Waals surface area contributed by atoms with E-state index in [-0.39, 0.29) is 5.91 Å². The molecule has 0 aliphatic heterocycles. The average molecular weight is 565 g/mol. The van der Waals surface area contributed by atoms with Gasteiger partial charge in [-0.25, -0.2) is 0 Å². The number of amides is 1. The summed E-state index contributed by atoms with van der Waals surface area (Å²) in [5, 5.41) is 12.8. The molecule has 1 aromatic heterocycles. The van der Waals surface area contributed by atoms with Gasteiger partial charge in [0.2, 0.25) is 0 Å². The number of methoxy groups -OCH3 is 2. The number of hydrogen-bond acceptors (Lipinski definition) is 6. The minimum absolute atomic E-state index is 0.139. The third-order valence-electron chi connectivity index (χ3n) is 6.71. The van der Waals surface area contributed by atoms with Gasteiger partial charge in [0.05, 0.1) is 19.9 Å². The van der Waals surface area contributed by atoms with Gasteiger partial charge in [0.15, 0.2) is 11.0 Å². The van der Waals surface area contributed by atoms with Crippen LogP contribution in [-0.2, 0) is 5.75 Å². The molecule has 5 aromatic rings. The summed E-state index contributed by atoms with van der Waals surface area (Å²) in [5.74, 6) is 3.09. The molecule has 1 N–H and O–H groups in total. The lowest BCUT2D eigenvalue weighted by Crippen LogP contribution is -2.11. The highest BCUT2D eigenvalue weighted by molar-refractivity contribution is 7.98. The highest BCUT2D eigenvalue weighted by atomic mass is 32.2. The molecule has 0 radical (unpaired) electrons. The van der Waals surface area contributed by atoms with Crippen molar-refractivity contribution < 1.29 is 14.3 Å². The molecule has 0 fully saturated rings. The third kappa shape index (κ3) is 6.44.